The minimum absolute atomic E-state index is 0. The predicted molar refractivity (Wildman–Crippen MR) is 83.3 cm³/mol. The minimum Gasteiger partial charge on any atom is -0.491 e. The van der Waals surface area contributed by atoms with Gasteiger partial charge in [-0.05, 0) is 26.0 Å². The number of aromatic nitrogens is 3. The number of rotatable bonds is 6. The molecule has 6 heteroatoms. The first-order valence-electron chi connectivity index (χ1n) is 7.02. The summed E-state index contributed by atoms with van der Waals surface area (Å²) in [6.45, 7) is 8.41. The number of benzene rings is 1. The molecule has 0 aliphatic carbocycles. The number of anilines is 1. The Kier molecular flexibility index (Phi) is 7.76. The maximum absolute atomic E-state index is 5.71. The summed E-state index contributed by atoms with van der Waals surface area (Å²) in [5, 5.41) is 3.25. The third kappa shape index (κ3) is 5.89. The number of aryl methyl sites for hydroxylation is 1. The Morgan fingerprint density at radius 1 is 1.14 bits per heavy atom. The van der Waals surface area contributed by atoms with Crippen molar-refractivity contribution in [3.63, 3.8) is 0 Å². The van der Waals surface area contributed by atoms with E-state index in [1.165, 1.54) is 0 Å². The number of hydrogen-bond donors (Lipinski definition) is 1. The van der Waals surface area contributed by atoms with Gasteiger partial charge in [-0.3, -0.25) is 4.98 Å². The van der Waals surface area contributed by atoms with E-state index in [2.05, 4.69) is 20.3 Å². The molecule has 1 radical (unpaired) electrons. The van der Waals surface area contributed by atoms with Crippen molar-refractivity contribution in [2.45, 2.75) is 33.7 Å². The number of nitrogens with zero attached hydrogens (tertiary/aromatic N) is 3. The summed E-state index contributed by atoms with van der Waals surface area (Å²) in [5.74, 6) is 3.94. The molecule has 1 atom stereocenters. The van der Waals surface area contributed by atoms with Crippen LogP contribution in [0, 0.1) is 12.8 Å². The van der Waals surface area contributed by atoms with Crippen LogP contribution in [0.1, 0.15) is 32.4 Å². The molecule has 0 bridgehead atoms. The van der Waals surface area contributed by atoms with E-state index in [4.69, 9.17) is 4.74 Å². The Hall–Kier alpha value is -1.20. The van der Waals surface area contributed by atoms with Gasteiger partial charge in [0.25, 0.3) is 0 Å². The van der Waals surface area contributed by atoms with Gasteiger partial charge in [-0.1, -0.05) is 18.2 Å². The van der Waals surface area contributed by atoms with E-state index in [1.54, 1.807) is 0 Å². The molecule has 115 valence electrons. The molecular formula is C16H21N4OY-. The molecule has 5 nitrogen and oxygen atoms in total. The summed E-state index contributed by atoms with van der Waals surface area (Å²) in [5.41, 5.74) is 0. The zero-order valence-corrected chi connectivity index (χ0v) is 16.3. The zero-order chi connectivity index (χ0) is 15.2. The van der Waals surface area contributed by atoms with Crippen LogP contribution in [0.4, 0.5) is 5.95 Å². The normalized spacial score (nSPS) is 11.3. The second kappa shape index (κ2) is 9.06. The summed E-state index contributed by atoms with van der Waals surface area (Å²) < 4.78 is 5.71. The Morgan fingerprint density at radius 2 is 1.82 bits per heavy atom. The molecule has 2 rings (SSSR count). The van der Waals surface area contributed by atoms with Crippen molar-refractivity contribution in [2.75, 3.05) is 11.9 Å². The molecule has 0 aliphatic heterocycles. The van der Waals surface area contributed by atoms with Crippen LogP contribution in [0.15, 0.2) is 30.3 Å². The third-order valence-corrected chi connectivity index (χ3v) is 2.81. The molecule has 2 aromatic rings. The molecule has 0 amide bonds. The maximum atomic E-state index is 5.71. The van der Waals surface area contributed by atoms with Crippen molar-refractivity contribution in [1.82, 2.24) is 15.0 Å². The molecule has 1 aromatic carbocycles. The van der Waals surface area contributed by atoms with Gasteiger partial charge >= 0.3 is 0 Å². The molecule has 1 heterocycles. The summed E-state index contributed by atoms with van der Waals surface area (Å²) in [6.07, 6.45) is 0. The van der Waals surface area contributed by atoms with Gasteiger partial charge in [-0.15, -0.1) is 0 Å². The standard InChI is InChI=1S/C16H21N4O.Y/c1-11(2)15-18-13(4)19-16(20-15)17-12(3)10-21-14-8-6-5-7-9-14;/h5-9,12H,10H2,1-4H3,(H,17,18,19,20);/q-1;. The van der Waals surface area contributed by atoms with Crippen LogP contribution in [0.25, 0.3) is 0 Å². The van der Waals surface area contributed by atoms with E-state index in [9.17, 15) is 0 Å². The predicted octanol–water partition coefficient (Wildman–Crippen LogP) is 3.02. The molecule has 0 saturated carbocycles. The molecule has 0 spiro atoms. The van der Waals surface area contributed by atoms with Crippen LogP contribution in [-0.2, 0) is 32.7 Å². The van der Waals surface area contributed by atoms with Crippen LogP contribution < -0.4 is 10.1 Å². The van der Waals surface area contributed by atoms with Crippen LogP contribution >= 0.6 is 0 Å². The van der Waals surface area contributed by atoms with Gasteiger partial charge < -0.3 is 16.0 Å². The fourth-order valence-corrected chi connectivity index (χ4v) is 1.77. The second-order valence-corrected chi connectivity index (χ2v) is 5.20. The van der Waals surface area contributed by atoms with E-state index in [1.807, 2.05) is 58.0 Å². The minimum atomic E-state index is 0. The Bertz CT molecular complexity index is 578. The summed E-state index contributed by atoms with van der Waals surface area (Å²) in [4.78, 5) is 13.0. The van der Waals surface area contributed by atoms with Crippen LogP contribution in [0.5, 0.6) is 5.75 Å². The van der Waals surface area contributed by atoms with E-state index < -0.39 is 0 Å². The van der Waals surface area contributed by atoms with Gasteiger partial charge in [0.15, 0.2) is 0 Å². The first-order valence-corrected chi connectivity index (χ1v) is 7.02. The fourth-order valence-electron chi connectivity index (χ4n) is 1.77. The largest absolute Gasteiger partial charge is 0.491 e. The number of hydrogen-bond acceptors (Lipinski definition) is 5. The van der Waals surface area contributed by atoms with Gasteiger partial charge in [0.1, 0.15) is 18.2 Å². The number of nitrogens with one attached hydrogen (secondary N) is 1. The quantitative estimate of drug-likeness (QED) is 0.788. The average molecular weight is 374 g/mol. The molecule has 22 heavy (non-hydrogen) atoms. The molecule has 0 fully saturated rings. The van der Waals surface area contributed by atoms with Crippen LogP contribution in [0.3, 0.4) is 0 Å². The molecular weight excluding hydrogens is 353 g/mol. The number of ether oxygens (including phenoxy) is 1. The van der Waals surface area contributed by atoms with Crippen molar-refractivity contribution in [3.8, 4) is 5.75 Å². The Morgan fingerprint density at radius 3 is 2.45 bits per heavy atom. The smallest absolute Gasteiger partial charge is 0.223 e. The SMILES string of the molecule is Cc1nc(NC(C)COc2ccccc2)nc([C-](C)C)n1.[Y]. The van der Waals surface area contributed by atoms with Gasteiger partial charge in [0.2, 0.25) is 5.95 Å². The second-order valence-electron chi connectivity index (χ2n) is 5.20. The fraction of sp³-hybridized carbons (Fsp3) is 0.375. The van der Waals surface area contributed by atoms with Gasteiger partial charge in [-0.2, -0.15) is 18.8 Å². The van der Waals surface area contributed by atoms with Gasteiger partial charge in [0, 0.05) is 38.5 Å². The average Bonchev–Trinajstić information content (AvgIpc) is 2.45. The van der Waals surface area contributed by atoms with Crippen LogP contribution in [-0.4, -0.2) is 27.6 Å². The Balaban J connectivity index is 0.00000242. The number of para-hydroxylation sites is 1. The maximum Gasteiger partial charge on any atom is 0.223 e. The van der Waals surface area contributed by atoms with Crippen LogP contribution in [0.2, 0.25) is 0 Å². The summed E-state index contributed by atoms with van der Waals surface area (Å²) in [6, 6.07) is 9.84. The monoisotopic (exact) mass is 374 g/mol. The van der Waals surface area contributed by atoms with E-state index >= 15 is 0 Å². The van der Waals surface area contributed by atoms with Gasteiger partial charge in [-0.25, -0.2) is 4.98 Å². The zero-order valence-electron chi connectivity index (χ0n) is 13.5. The molecule has 1 unspecified atom stereocenters. The first kappa shape index (κ1) is 18.9. The topological polar surface area (TPSA) is 59.9 Å². The first-order chi connectivity index (χ1) is 10.0. The van der Waals surface area contributed by atoms with Crippen molar-refractivity contribution < 1.29 is 37.4 Å². The van der Waals surface area contributed by atoms with Crippen molar-refractivity contribution in [3.05, 3.63) is 47.9 Å². The van der Waals surface area contributed by atoms with Crippen molar-refractivity contribution in [1.29, 1.82) is 0 Å². The molecule has 0 saturated heterocycles. The van der Waals surface area contributed by atoms with E-state index in [0.29, 0.717) is 18.4 Å². The Labute approximate surface area is 157 Å². The molecule has 1 aromatic heterocycles. The van der Waals surface area contributed by atoms with E-state index in [-0.39, 0.29) is 38.8 Å². The summed E-state index contributed by atoms with van der Waals surface area (Å²) in [7, 11) is 0. The van der Waals surface area contributed by atoms with E-state index in [0.717, 1.165) is 17.5 Å². The molecule has 1 N–H and O–H groups in total. The van der Waals surface area contributed by atoms with Crippen molar-refractivity contribution >= 4 is 5.95 Å². The molecule has 0 aliphatic rings. The summed E-state index contributed by atoms with van der Waals surface area (Å²) >= 11 is 0. The third-order valence-electron chi connectivity index (χ3n) is 2.81. The van der Waals surface area contributed by atoms with Gasteiger partial charge in [0.05, 0.1) is 6.04 Å². The van der Waals surface area contributed by atoms with Crippen molar-refractivity contribution in [2.24, 2.45) is 0 Å².